The Bertz CT molecular complexity index is 460. The van der Waals surface area contributed by atoms with E-state index in [4.69, 9.17) is 0 Å². The van der Waals surface area contributed by atoms with Crippen LogP contribution in [0.15, 0.2) is 0 Å². The molecule has 0 bridgehead atoms. The molecule has 0 unspecified atom stereocenters. The van der Waals surface area contributed by atoms with E-state index in [1.807, 2.05) is 6.92 Å². The second-order valence-corrected chi connectivity index (χ2v) is 6.89. The number of anilines is 1. The molecule has 0 atom stereocenters. The predicted octanol–water partition coefficient (Wildman–Crippen LogP) is 2.72. The molecule has 110 valence electrons. The maximum atomic E-state index is 10.9. The van der Waals surface area contributed by atoms with Gasteiger partial charge in [-0.25, -0.2) is 4.98 Å². The molecule has 0 aromatic carbocycles. The Kier molecular flexibility index (Phi) is 4.36. The summed E-state index contributed by atoms with van der Waals surface area (Å²) >= 11 is 1.54. The van der Waals surface area contributed by atoms with Gasteiger partial charge in [0.25, 0.3) is 0 Å². The highest BCUT2D eigenvalue weighted by atomic mass is 32.1. The first kappa shape index (κ1) is 14.0. The van der Waals surface area contributed by atoms with E-state index in [9.17, 15) is 4.79 Å². The molecule has 2 aliphatic rings. The van der Waals surface area contributed by atoms with Crippen LogP contribution in [-0.4, -0.2) is 48.4 Å². The fourth-order valence-electron chi connectivity index (χ4n) is 3.34. The lowest BCUT2D eigenvalue weighted by Gasteiger charge is -2.40. The Hall–Kier alpha value is -0.940. The van der Waals surface area contributed by atoms with Crippen LogP contribution >= 0.6 is 11.3 Å². The first-order valence-corrected chi connectivity index (χ1v) is 8.51. The average molecular weight is 293 g/mol. The van der Waals surface area contributed by atoms with Crippen LogP contribution in [0.25, 0.3) is 0 Å². The number of hydrogen-bond donors (Lipinski definition) is 0. The molecule has 1 aromatic rings. The molecule has 0 N–H and O–H groups in total. The molecule has 0 aliphatic carbocycles. The van der Waals surface area contributed by atoms with E-state index in [1.165, 1.54) is 56.5 Å². The van der Waals surface area contributed by atoms with Crippen molar-refractivity contribution in [2.24, 2.45) is 0 Å². The smallest absolute Gasteiger partial charge is 0.186 e. The van der Waals surface area contributed by atoms with Crippen molar-refractivity contribution in [3.8, 4) is 0 Å². The lowest BCUT2D eigenvalue weighted by atomic mass is 10.0. The fraction of sp³-hybridized carbons (Fsp3) is 0.733. The van der Waals surface area contributed by atoms with Gasteiger partial charge in [-0.05, 0) is 45.7 Å². The second-order valence-electron chi connectivity index (χ2n) is 5.88. The van der Waals surface area contributed by atoms with Crippen LogP contribution in [0.4, 0.5) is 5.13 Å². The zero-order valence-electron chi connectivity index (χ0n) is 12.2. The minimum atomic E-state index is 0.762. The maximum absolute atomic E-state index is 10.9. The van der Waals surface area contributed by atoms with Crippen molar-refractivity contribution in [2.45, 2.75) is 45.1 Å². The van der Waals surface area contributed by atoms with Crippen molar-refractivity contribution in [1.29, 1.82) is 0 Å². The Balaban J connectivity index is 1.58. The van der Waals surface area contributed by atoms with E-state index in [2.05, 4.69) is 14.8 Å². The van der Waals surface area contributed by atoms with E-state index >= 15 is 0 Å². The summed E-state index contributed by atoms with van der Waals surface area (Å²) in [4.78, 5) is 21.3. The van der Waals surface area contributed by atoms with E-state index in [0.29, 0.717) is 0 Å². The van der Waals surface area contributed by atoms with Crippen molar-refractivity contribution < 1.29 is 4.79 Å². The largest absolute Gasteiger partial charge is 0.348 e. The molecule has 1 aromatic heterocycles. The van der Waals surface area contributed by atoms with Gasteiger partial charge in [0.15, 0.2) is 11.4 Å². The molecule has 2 saturated heterocycles. The van der Waals surface area contributed by atoms with Crippen LogP contribution in [0.2, 0.25) is 0 Å². The molecule has 20 heavy (non-hydrogen) atoms. The van der Waals surface area contributed by atoms with Gasteiger partial charge < -0.3 is 9.80 Å². The first-order chi connectivity index (χ1) is 9.78. The van der Waals surface area contributed by atoms with Gasteiger partial charge in [-0.1, -0.05) is 17.8 Å². The molecule has 2 fully saturated rings. The Morgan fingerprint density at radius 2 is 1.85 bits per heavy atom. The molecule has 5 heteroatoms. The third-order valence-corrected chi connectivity index (χ3v) is 5.71. The molecule has 3 rings (SSSR count). The van der Waals surface area contributed by atoms with E-state index in [0.717, 1.165) is 41.1 Å². The topological polar surface area (TPSA) is 36.4 Å². The highest BCUT2D eigenvalue weighted by Crippen LogP contribution is 2.29. The van der Waals surface area contributed by atoms with Gasteiger partial charge in [-0.2, -0.15) is 0 Å². The monoisotopic (exact) mass is 293 g/mol. The number of nitrogens with zero attached hydrogens (tertiary/aromatic N) is 3. The Morgan fingerprint density at radius 1 is 1.15 bits per heavy atom. The highest BCUT2D eigenvalue weighted by Gasteiger charge is 2.26. The summed E-state index contributed by atoms with van der Waals surface area (Å²) in [5.41, 5.74) is 0.873. The molecular weight excluding hydrogens is 270 g/mol. The summed E-state index contributed by atoms with van der Waals surface area (Å²) in [5, 5.41) is 1.03. The third-order valence-electron chi connectivity index (χ3n) is 4.57. The maximum Gasteiger partial charge on any atom is 0.186 e. The molecule has 2 aliphatic heterocycles. The Morgan fingerprint density at radius 3 is 2.45 bits per heavy atom. The fourth-order valence-corrected chi connectivity index (χ4v) is 4.28. The summed E-state index contributed by atoms with van der Waals surface area (Å²) in [7, 11) is 0. The number of aryl methyl sites for hydroxylation is 1. The minimum Gasteiger partial charge on any atom is -0.348 e. The number of rotatable bonds is 3. The van der Waals surface area contributed by atoms with Gasteiger partial charge in [0.1, 0.15) is 0 Å². The minimum absolute atomic E-state index is 0.762. The van der Waals surface area contributed by atoms with Gasteiger partial charge in [0.05, 0.1) is 10.6 Å². The zero-order chi connectivity index (χ0) is 13.9. The molecule has 0 amide bonds. The van der Waals surface area contributed by atoms with Crippen LogP contribution in [-0.2, 0) is 0 Å². The summed E-state index contributed by atoms with van der Waals surface area (Å²) < 4.78 is 0. The van der Waals surface area contributed by atoms with Crippen molar-refractivity contribution in [3.63, 3.8) is 0 Å². The van der Waals surface area contributed by atoms with E-state index in [-0.39, 0.29) is 0 Å². The van der Waals surface area contributed by atoms with E-state index in [1.54, 1.807) is 0 Å². The van der Waals surface area contributed by atoms with Crippen molar-refractivity contribution in [3.05, 3.63) is 10.6 Å². The van der Waals surface area contributed by atoms with Crippen molar-refractivity contribution >= 4 is 22.8 Å². The summed E-state index contributed by atoms with van der Waals surface area (Å²) in [6.45, 7) is 6.65. The second kappa shape index (κ2) is 6.22. The lowest BCUT2D eigenvalue weighted by Crippen LogP contribution is -2.46. The summed E-state index contributed by atoms with van der Waals surface area (Å²) in [6, 6.07) is 0.762. The lowest BCUT2D eigenvalue weighted by molar-refractivity contribution is 0.112. The van der Waals surface area contributed by atoms with Gasteiger partial charge in [-0.3, -0.25) is 4.79 Å². The number of aromatic nitrogens is 1. The number of aldehydes is 1. The van der Waals surface area contributed by atoms with Crippen molar-refractivity contribution in [1.82, 2.24) is 9.88 Å². The zero-order valence-corrected chi connectivity index (χ0v) is 13.0. The SMILES string of the molecule is Cc1nc(N2CCC(N3CCCCC3)CC2)sc1C=O. The number of piperidine rings is 2. The number of likely N-dealkylation sites (tertiary alicyclic amines) is 1. The van der Waals surface area contributed by atoms with Crippen LogP contribution in [0.1, 0.15) is 47.5 Å². The van der Waals surface area contributed by atoms with E-state index < -0.39 is 0 Å². The first-order valence-electron chi connectivity index (χ1n) is 7.69. The number of thiazole rings is 1. The molecule has 0 saturated carbocycles. The van der Waals surface area contributed by atoms with Crippen LogP contribution in [0.5, 0.6) is 0 Å². The number of carbonyl (C=O) groups excluding carboxylic acids is 1. The average Bonchev–Trinajstić information content (AvgIpc) is 2.89. The Labute approximate surface area is 124 Å². The normalized spacial score (nSPS) is 22.1. The quantitative estimate of drug-likeness (QED) is 0.803. The number of hydrogen-bond acceptors (Lipinski definition) is 5. The van der Waals surface area contributed by atoms with Crippen LogP contribution < -0.4 is 4.90 Å². The molecule has 0 spiro atoms. The standard InChI is InChI=1S/C15H23N3OS/c1-12-14(11-19)20-15(16-12)18-9-5-13(6-10-18)17-7-3-2-4-8-17/h11,13H,2-10H2,1H3. The molecular formula is C15H23N3OS. The third kappa shape index (κ3) is 2.88. The van der Waals surface area contributed by atoms with Crippen molar-refractivity contribution in [2.75, 3.05) is 31.1 Å². The van der Waals surface area contributed by atoms with Crippen LogP contribution in [0.3, 0.4) is 0 Å². The predicted molar refractivity (Wildman–Crippen MR) is 82.9 cm³/mol. The summed E-state index contributed by atoms with van der Waals surface area (Å²) in [6.07, 6.45) is 7.53. The van der Waals surface area contributed by atoms with Gasteiger partial charge in [0.2, 0.25) is 0 Å². The highest BCUT2D eigenvalue weighted by molar-refractivity contribution is 7.17. The molecule has 0 radical (unpaired) electrons. The van der Waals surface area contributed by atoms with Crippen LogP contribution in [0, 0.1) is 6.92 Å². The van der Waals surface area contributed by atoms with Gasteiger partial charge >= 0.3 is 0 Å². The van der Waals surface area contributed by atoms with Gasteiger partial charge in [-0.15, -0.1) is 0 Å². The molecule has 4 nitrogen and oxygen atoms in total. The number of carbonyl (C=O) groups is 1. The molecule has 3 heterocycles. The van der Waals surface area contributed by atoms with Gasteiger partial charge in [0, 0.05) is 19.1 Å². The summed E-state index contributed by atoms with van der Waals surface area (Å²) in [5.74, 6) is 0.